The Bertz CT molecular complexity index is 1130. The van der Waals surface area contributed by atoms with E-state index in [0.717, 1.165) is 54.3 Å². The molecule has 1 saturated heterocycles. The first-order valence-electron chi connectivity index (χ1n) is 11.7. The molecule has 1 aromatic carbocycles. The number of aromatic amines is 1. The van der Waals surface area contributed by atoms with Crippen molar-refractivity contribution in [2.24, 2.45) is 5.41 Å². The summed E-state index contributed by atoms with van der Waals surface area (Å²) in [6.07, 6.45) is 3.79. The molecule has 0 atom stereocenters. The molecule has 1 aliphatic heterocycles. The number of nitrogens with one attached hydrogen (secondary N) is 3. The Balaban J connectivity index is 1.42. The van der Waals surface area contributed by atoms with E-state index in [0.29, 0.717) is 29.9 Å². The number of likely N-dealkylation sites (tertiary alicyclic amines) is 1. The van der Waals surface area contributed by atoms with Gasteiger partial charge in [0.05, 0.1) is 23.5 Å². The van der Waals surface area contributed by atoms with Crippen LogP contribution >= 0.6 is 11.6 Å². The fraction of sp³-hybridized carbons (Fsp3) is 0.480. The van der Waals surface area contributed by atoms with Gasteiger partial charge in [0.25, 0.3) is 0 Å². The molecule has 4 rings (SSSR count). The normalized spacial score (nSPS) is 15.4. The van der Waals surface area contributed by atoms with Crippen LogP contribution in [0.3, 0.4) is 0 Å². The van der Waals surface area contributed by atoms with Gasteiger partial charge in [-0.2, -0.15) is 0 Å². The van der Waals surface area contributed by atoms with Gasteiger partial charge in [-0.05, 0) is 57.2 Å². The highest BCUT2D eigenvalue weighted by Gasteiger charge is 2.21. The number of imidazole rings is 1. The summed E-state index contributed by atoms with van der Waals surface area (Å²) in [6.45, 7) is 8.65. The molecule has 182 valence electrons. The lowest BCUT2D eigenvalue weighted by atomic mass is 9.96. The molecule has 0 spiro atoms. The van der Waals surface area contributed by atoms with Crippen molar-refractivity contribution in [2.45, 2.75) is 39.7 Å². The SMILES string of the molecule is CN1CCC(Nc2c(Cl)cnc3nc(-c4ccc(OCCNC(=O)C(C)(C)C)cc4)[nH]c23)CC1. The Morgan fingerprint density at radius 1 is 1.24 bits per heavy atom. The number of benzene rings is 1. The van der Waals surface area contributed by atoms with Crippen molar-refractivity contribution in [3.8, 4) is 17.1 Å². The highest BCUT2D eigenvalue weighted by molar-refractivity contribution is 6.34. The van der Waals surface area contributed by atoms with E-state index in [9.17, 15) is 4.79 Å². The maximum Gasteiger partial charge on any atom is 0.225 e. The van der Waals surface area contributed by atoms with Crippen LogP contribution in [0.4, 0.5) is 5.69 Å². The van der Waals surface area contributed by atoms with Crippen molar-refractivity contribution in [1.29, 1.82) is 0 Å². The van der Waals surface area contributed by atoms with Crippen LogP contribution in [0, 0.1) is 5.41 Å². The Kier molecular flexibility index (Phi) is 7.28. The Hall–Kier alpha value is -2.84. The van der Waals surface area contributed by atoms with Gasteiger partial charge in [-0.15, -0.1) is 0 Å². The monoisotopic (exact) mass is 484 g/mol. The van der Waals surface area contributed by atoms with E-state index in [-0.39, 0.29) is 5.91 Å². The highest BCUT2D eigenvalue weighted by Crippen LogP contribution is 2.32. The molecule has 3 aromatic rings. The summed E-state index contributed by atoms with van der Waals surface area (Å²) >= 11 is 6.51. The van der Waals surface area contributed by atoms with Crippen LogP contribution in [-0.2, 0) is 4.79 Å². The number of carbonyl (C=O) groups excluding carboxylic acids is 1. The van der Waals surface area contributed by atoms with E-state index in [1.807, 2.05) is 45.0 Å². The van der Waals surface area contributed by atoms with Gasteiger partial charge in [0.15, 0.2) is 5.65 Å². The van der Waals surface area contributed by atoms with Crippen LogP contribution < -0.4 is 15.4 Å². The molecule has 0 bridgehead atoms. The third-order valence-corrected chi connectivity index (χ3v) is 6.29. The third kappa shape index (κ3) is 5.80. The zero-order valence-electron chi connectivity index (χ0n) is 20.2. The van der Waals surface area contributed by atoms with Crippen LogP contribution in [0.25, 0.3) is 22.6 Å². The highest BCUT2D eigenvalue weighted by atomic mass is 35.5. The fourth-order valence-corrected chi connectivity index (χ4v) is 4.07. The maximum atomic E-state index is 11.9. The first-order valence-corrected chi connectivity index (χ1v) is 12.1. The Labute approximate surface area is 205 Å². The van der Waals surface area contributed by atoms with Crippen molar-refractivity contribution >= 4 is 34.4 Å². The average molecular weight is 485 g/mol. The summed E-state index contributed by atoms with van der Waals surface area (Å²) in [5.74, 6) is 1.46. The number of halogens is 1. The number of anilines is 1. The fourth-order valence-electron chi connectivity index (χ4n) is 3.88. The number of carbonyl (C=O) groups is 1. The molecule has 0 radical (unpaired) electrons. The van der Waals surface area contributed by atoms with E-state index in [4.69, 9.17) is 16.3 Å². The topological polar surface area (TPSA) is 95.2 Å². The minimum absolute atomic E-state index is 0.00901. The summed E-state index contributed by atoms with van der Waals surface area (Å²) in [6, 6.07) is 8.06. The maximum absolute atomic E-state index is 11.9. The molecule has 2 aromatic heterocycles. The minimum atomic E-state index is -0.407. The molecule has 1 amide bonds. The van der Waals surface area contributed by atoms with Gasteiger partial charge in [-0.3, -0.25) is 4.79 Å². The predicted octanol–water partition coefficient (Wildman–Crippen LogP) is 4.33. The Morgan fingerprint density at radius 3 is 2.62 bits per heavy atom. The molecular formula is C25H33ClN6O2. The van der Waals surface area contributed by atoms with E-state index in [2.05, 4.69) is 37.5 Å². The van der Waals surface area contributed by atoms with Crippen LogP contribution in [0.5, 0.6) is 5.75 Å². The molecular weight excluding hydrogens is 452 g/mol. The van der Waals surface area contributed by atoms with Crippen molar-refractivity contribution in [2.75, 3.05) is 38.6 Å². The standard InChI is InChI=1S/C25H33ClN6O2/c1-25(2,3)24(33)27-11-14-34-18-7-5-16(6-8-18)22-30-21-20(19(26)15-28-23(21)31-22)29-17-9-12-32(4)13-10-17/h5-8,15,17H,9-14H2,1-4H3,(H,27,33)(H2,28,29,30,31). The first-order chi connectivity index (χ1) is 16.2. The molecule has 9 heteroatoms. The summed E-state index contributed by atoms with van der Waals surface area (Å²) in [5, 5.41) is 7.08. The van der Waals surface area contributed by atoms with Gasteiger partial charge in [0.2, 0.25) is 5.91 Å². The van der Waals surface area contributed by atoms with E-state index in [1.54, 1.807) is 6.20 Å². The number of nitrogens with zero attached hydrogens (tertiary/aromatic N) is 3. The van der Waals surface area contributed by atoms with Crippen LogP contribution in [0.2, 0.25) is 5.02 Å². The number of pyridine rings is 1. The van der Waals surface area contributed by atoms with E-state index >= 15 is 0 Å². The molecule has 34 heavy (non-hydrogen) atoms. The number of ether oxygens (including phenoxy) is 1. The Morgan fingerprint density at radius 2 is 1.94 bits per heavy atom. The second-order valence-corrected chi connectivity index (χ2v) is 10.3. The molecule has 3 heterocycles. The summed E-state index contributed by atoms with van der Waals surface area (Å²) in [5.41, 5.74) is 2.82. The number of rotatable bonds is 7. The largest absolute Gasteiger partial charge is 0.492 e. The quantitative estimate of drug-likeness (QED) is 0.432. The zero-order chi connectivity index (χ0) is 24.3. The number of hydrogen-bond donors (Lipinski definition) is 3. The van der Waals surface area contributed by atoms with Gasteiger partial charge in [0.1, 0.15) is 23.7 Å². The summed E-state index contributed by atoms with van der Waals surface area (Å²) < 4.78 is 5.76. The summed E-state index contributed by atoms with van der Waals surface area (Å²) in [7, 11) is 2.15. The number of amides is 1. The molecule has 0 saturated carbocycles. The van der Waals surface area contributed by atoms with Gasteiger partial charge >= 0.3 is 0 Å². The lowest BCUT2D eigenvalue weighted by molar-refractivity contribution is -0.128. The van der Waals surface area contributed by atoms with Crippen molar-refractivity contribution < 1.29 is 9.53 Å². The minimum Gasteiger partial charge on any atom is -0.492 e. The lowest BCUT2D eigenvalue weighted by Crippen LogP contribution is -2.37. The smallest absolute Gasteiger partial charge is 0.225 e. The number of aromatic nitrogens is 3. The predicted molar refractivity (Wildman–Crippen MR) is 136 cm³/mol. The number of hydrogen-bond acceptors (Lipinski definition) is 6. The molecule has 1 fully saturated rings. The lowest BCUT2D eigenvalue weighted by Gasteiger charge is -2.30. The van der Waals surface area contributed by atoms with Gasteiger partial charge in [-0.25, -0.2) is 9.97 Å². The zero-order valence-corrected chi connectivity index (χ0v) is 21.0. The number of fused-ring (bicyclic) bond motifs is 1. The van der Waals surface area contributed by atoms with Crippen molar-refractivity contribution in [3.63, 3.8) is 0 Å². The third-order valence-electron chi connectivity index (χ3n) is 6.01. The first kappa shape index (κ1) is 24.3. The number of H-pyrrole nitrogens is 1. The van der Waals surface area contributed by atoms with Crippen LogP contribution in [-0.4, -0.2) is 65.1 Å². The average Bonchev–Trinajstić information content (AvgIpc) is 3.24. The second-order valence-electron chi connectivity index (χ2n) is 9.87. The number of piperidine rings is 1. The van der Waals surface area contributed by atoms with E-state index < -0.39 is 5.41 Å². The van der Waals surface area contributed by atoms with Gasteiger partial charge in [-0.1, -0.05) is 32.4 Å². The van der Waals surface area contributed by atoms with Gasteiger partial charge < -0.3 is 25.3 Å². The van der Waals surface area contributed by atoms with Crippen molar-refractivity contribution in [3.05, 3.63) is 35.5 Å². The van der Waals surface area contributed by atoms with Crippen LogP contribution in [0.15, 0.2) is 30.5 Å². The molecule has 3 N–H and O–H groups in total. The molecule has 0 unspecified atom stereocenters. The van der Waals surface area contributed by atoms with Gasteiger partial charge in [0, 0.05) is 17.0 Å². The molecule has 8 nitrogen and oxygen atoms in total. The second kappa shape index (κ2) is 10.2. The van der Waals surface area contributed by atoms with Crippen molar-refractivity contribution in [1.82, 2.24) is 25.2 Å². The summed E-state index contributed by atoms with van der Waals surface area (Å²) in [4.78, 5) is 26.7. The van der Waals surface area contributed by atoms with E-state index in [1.165, 1.54) is 0 Å². The molecule has 0 aliphatic carbocycles. The van der Waals surface area contributed by atoms with Crippen LogP contribution in [0.1, 0.15) is 33.6 Å². The molecule has 1 aliphatic rings.